The molecule has 102 valence electrons. The summed E-state index contributed by atoms with van der Waals surface area (Å²) in [4.78, 5) is 12.0. The number of aryl methyl sites for hydroxylation is 1. The molecule has 2 aromatic heterocycles. The van der Waals surface area contributed by atoms with E-state index in [1.165, 1.54) is 0 Å². The van der Waals surface area contributed by atoms with Crippen LogP contribution in [0.4, 0.5) is 0 Å². The number of imidazole rings is 1. The van der Waals surface area contributed by atoms with Crippen LogP contribution < -0.4 is 5.49 Å². The van der Waals surface area contributed by atoms with Crippen molar-refractivity contribution in [2.24, 2.45) is 0 Å². The lowest BCUT2D eigenvalue weighted by Crippen LogP contribution is -2.12. The summed E-state index contributed by atoms with van der Waals surface area (Å²) in [6.07, 6.45) is 15.1. The van der Waals surface area contributed by atoms with E-state index in [2.05, 4.69) is 39.6 Å². The number of nitrogens with one attached hydrogen (secondary N) is 2. The number of hydrogen-bond acceptors (Lipinski definition) is 3. The van der Waals surface area contributed by atoms with Crippen molar-refractivity contribution in [3.8, 4) is 12.3 Å². The molecule has 5 nitrogen and oxygen atoms in total. The highest BCUT2D eigenvalue weighted by Crippen LogP contribution is 2.43. The lowest BCUT2D eigenvalue weighted by Gasteiger charge is -2.21. The van der Waals surface area contributed by atoms with Gasteiger partial charge in [0, 0.05) is 13.0 Å². The number of unbranched alkanes of at least 4 members (excludes halogenated alkanes) is 1. The summed E-state index contributed by atoms with van der Waals surface area (Å²) >= 11 is 0. The van der Waals surface area contributed by atoms with Gasteiger partial charge >= 0.3 is 0 Å². The number of aromatic amines is 1. The zero-order chi connectivity index (χ0) is 14.0. The van der Waals surface area contributed by atoms with Gasteiger partial charge in [0.2, 0.25) is 0 Å². The van der Waals surface area contributed by atoms with Gasteiger partial charge in [-0.15, -0.1) is 12.3 Å². The second-order valence-corrected chi connectivity index (χ2v) is 9.23. The summed E-state index contributed by atoms with van der Waals surface area (Å²) in [5.74, 6) is 2.63. The molecule has 0 aliphatic heterocycles. The van der Waals surface area contributed by atoms with Crippen LogP contribution in [-0.4, -0.2) is 38.3 Å². The Hall–Kier alpha value is -1.74. The van der Waals surface area contributed by atoms with Gasteiger partial charge < -0.3 is 9.55 Å². The zero-order valence-electron chi connectivity index (χ0n) is 11.5. The SMILES string of the molecule is C#CCCCn1cnc(=N)c2[nH]c(S(C)(C)C)nc21. The van der Waals surface area contributed by atoms with E-state index in [1.54, 1.807) is 6.33 Å². The van der Waals surface area contributed by atoms with Crippen LogP contribution in [0.15, 0.2) is 11.5 Å². The molecule has 0 saturated carbocycles. The summed E-state index contributed by atoms with van der Waals surface area (Å²) in [5.41, 5.74) is 1.75. The van der Waals surface area contributed by atoms with Crippen LogP contribution in [0.25, 0.3) is 11.2 Å². The molecular weight excluding hydrogens is 258 g/mol. The maximum Gasteiger partial charge on any atom is 0.173 e. The molecule has 2 rings (SSSR count). The van der Waals surface area contributed by atoms with Crippen molar-refractivity contribution in [3.63, 3.8) is 0 Å². The molecule has 0 radical (unpaired) electrons. The van der Waals surface area contributed by atoms with Crippen molar-refractivity contribution in [1.82, 2.24) is 19.5 Å². The summed E-state index contributed by atoms with van der Waals surface area (Å²) in [6.45, 7) is 0.776. The molecular formula is C13H19N5S. The first-order valence-corrected chi connectivity index (χ1v) is 8.91. The van der Waals surface area contributed by atoms with Gasteiger partial charge in [-0.05, 0) is 25.2 Å². The molecule has 19 heavy (non-hydrogen) atoms. The van der Waals surface area contributed by atoms with Crippen LogP contribution in [0.1, 0.15) is 12.8 Å². The third-order valence-corrected chi connectivity index (χ3v) is 4.15. The zero-order valence-corrected chi connectivity index (χ0v) is 12.3. The Bertz CT molecular complexity index is 684. The first-order valence-electron chi connectivity index (χ1n) is 6.05. The molecule has 0 fully saturated rings. The highest BCUT2D eigenvalue weighted by molar-refractivity contribution is 8.32. The summed E-state index contributed by atoms with van der Waals surface area (Å²) in [7, 11) is -0.947. The van der Waals surface area contributed by atoms with Crippen molar-refractivity contribution in [3.05, 3.63) is 11.8 Å². The Morgan fingerprint density at radius 2 is 2.21 bits per heavy atom. The molecule has 2 N–H and O–H groups in total. The fourth-order valence-electron chi connectivity index (χ4n) is 1.77. The molecule has 0 atom stereocenters. The molecule has 0 unspecified atom stereocenters. The predicted octanol–water partition coefficient (Wildman–Crippen LogP) is 1.71. The fourth-order valence-corrected chi connectivity index (χ4v) is 2.54. The van der Waals surface area contributed by atoms with E-state index in [0.29, 0.717) is 5.52 Å². The average molecular weight is 277 g/mol. The van der Waals surface area contributed by atoms with Gasteiger partial charge in [-0.2, -0.15) is 10.0 Å². The van der Waals surface area contributed by atoms with Crippen molar-refractivity contribution in [2.75, 3.05) is 18.8 Å². The Morgan fingerprint density at radius 3 is 2.84 bits per heavy atom. The molecule has 0 amide bonds. The number of aromatic nitrogens is 4. The van der Waals surface area contributed by atoms with E-state index in [1.807, 2.05) is 4.57 Å². The number of fused-ring (bicyclic) bond motifs is 1. The number of rotatable bonds is 4. The molecule has 6 heteroatoms. The van der Waals surface area contributed by atoms with Crippen LogP contribution in [0.3, 0.4) is 0 Å². The summed E-state index contributed by atoms with van der Waals surface area (Å²) in [6, 6.07) is 0. The summed E-state index contributed by atoms with van der Waals surface area (Å²) in [5, 5.41) is 8.83. The van der Waals surface area contributed by atoms with Gasteiger partial charge in [-0.3, -0.25) is 5.41 Å². The third kappa shape index (κ3) is 2.82. The Labute approximate surface area is 114 Å². The summed E-state index contributed by atoms with van der Waals surface area (Å²) < 4.78 is 1.97. The molecule has 0 bridgehead atoms. The van der Waals surface area contributed by atoms with Crippen molar-refractivity contribution in [1.29, 1.82) is 5.41 Å². The average Bonchev–Trinajstić information content (AvgIpc) is 2.78. The smallest absolute Gasteiger partial charge is 0.173 e. The molecule has 0 aliphatic rings. The quantitative estimate of drug-likeness (QED) is 0.659. The van der Waals surface area contributed by atoms with Crippen LogP contribution in [-0.2, 0) is 6.54 Å². The van der Waals surface area contributed by atoms with Crippen LogP contribution >= 0.6 is 10.0 Å². The number of hydrogen-bond donors (Lipinski definition) is 2. The standard InChI is InChI=1S/C13H19N5S/c1-5-6-7-8-18-9-15-11(14)10-12(18)17-13(16-10)19(2,3)4/h1,9,14H,6-8H2,2-4H3,(H,16,17). The maximum atomic E-state index is 7.87. The Kier molecular flexibility index (Phi) is 3.67. The van der Waals surface area contributed by atoms with Gasteiger partial charge in [0.1, 0.15) is 10.7 Å². The van der Waals surface area contributed by atoms with Gasteiger partial charge in [0.05, 0.1) is 6.33 Å². The monoisotopic (exact) mass is 277 g/mol. The van der Waals surface area contributed by atoms with Crippen molar-refractivity contribution < 1.29 is 0 Å². The topological polar surface area (TPSA) is 70.3 Å². The molecule has 2 aromatic rings. The number of nitrogens with zero attached hydrogens (tertiary/aromatic N) is 3. The minimum absolute atomic E-state index is 0.241. The van der Waals surface area contributed by atoms with E-state index in [-0.39, 0.29) is 5.49 Å². The van der Waals surface area contributed by atoms with Crippen LogP contribution in [0.5, 0.6) is 0 Å². The largest absolute Gasteiger partial charge is 0.330 e. The molecule has 0 saturated heterocycles. The van der Waals surface area contributed by atoms with Crippen LogP contribution in [0, 0.1) is 17.8 Å². The normalized spacial score (nSPS) is 12.5. The van der Waals surface area contributed by atoms with E-state index in [4.69, 9.17) is 11.8 Å². The van der Waals surface area contributed by atoms with Gasteiger partial charge in [0.25, 0.3) is 0 Å². The first-order chi connectivity index (χ1) is 8.93. The Morgan fingerprint density at radius 1 is 1.47 bits per heavy atom. The highest BCUT2D eigenvalue weighted by Gasteiger charge is 2.15. The molecule has 0 aliphatic carbocycles. The van der Waals surface area contributed by atoms with E-state index in [9.17, 15) is 0 Å². The minimum atomic E-state index is -0.947. The second kappa shape index (κ2) is 5.10. The highest BCUT2D eigenvalue weighted by atomic mass is 32.3. The first kappa shape index (κ1) is 13.7. The van der Waals surface area contributed by atoms with Crippen molar-refractivity contribution >= 4 is 21.2 Å². The van der Waals surface area contributed by atoms with Crippen LogP contribution in [0.2, 0.25) is 0 Å². The van der Waals surface area contributed by atoms with Gasteiger partial charge in [0.15, 0.2) is 11.1 Å². The molecule has 0 spiro atoms. The number of terminal acetylenes is 1. The van der Waals surface area contributed by atoms with Gasteiger partial charge in [-0.25, -0.2) is 9.97 Å². The van der Waals surface area contributed by atoms with E-state index in [0.717, 1.165) is 30.2 Å². The minimum Gasteiger partial charge on any atom is -0.330 e. The molecule has 0 aromatic carbocycles. The van der Waals surface area contributed by atoms with E-state index < -0.39 is 10.0 Å². The molecule has 2 heterocycles. The fraction of sp³-hybridized carbons (Fsp3) is 0.462. The van der Waals surface area contributed by atoms with E-state index >= 15 is 0 Å². The Balaban J connectivity index is 2.49. The maximum absolute atomic E-state index is 7.87. The number of H-pyrrole nitrogens is 1. The lowest BCUT2D eigenvalue weighted by atomic mass is 10.3. The van der Waals surface area contributed by atoms with Gasteiger partial charge in [-0.1, -0.05) is 0 Å². The third-order valence-electron chi connectivity index (χ3n) is 2.80. The second-order valence-electron chi connectivity index (χ2n) is 5.17. The lowest BCUT2D eigenvalue weighted by molar-refractivity contribution is 0.653. The van der Waals surface area contributed by atoms with Crippen molar-refractivity contribution in [2.45, 2.75) is 24.5 Å². The predicted molar refractivity (Wildman–Crippen MR) is 79.4 cm³/mol.